The molecule has 510 valence electrons. The van der Waals surface area contributed by atoms with Crippen LogP contribution in [0.3, 0.4) is 0 Å². The van der Waals surface area contributed by atoms with Gasteiger partial charge in [-0.15, -0.1) is 0 Å². The fourth-order valence-electron chi connectivity index (χ4n) is 16.6. The zero-order valence-corrected chi connectivity index (χ0v) is 62.3. The van der Waals surface area contributed by atoms with E-state index in [0.717, 1.165) is 134 Å². The van der Waals surface area contributed by atoms with Crippen LogP contribution in [0.25, 0.3) is 110 Å². The molecule has 3 aromatic heterocycles. The Morgan fingerprint density at radius 1 is 0.279 bits per heavy atom. The van der Waals surface area contributed by atoms with Crippen LogP contribution in [0.2, 0.25) is 0 Å². The summed E-state index contributed by atoms with van der Waals surface area (Å²) in [6, 6.07) is 85.9. The number of hydrogen-bond donors (Lipinski definition) is 0. The monoisotopic (exact) mass is 1350 g/mol. The van der Waals surface area contributed by atoms with Crippen LogP contribution >= 0.6 is 0 Å². The molecule has 16 aromatic rings. The molecule has 0 aliphatic carbocycles. The Balaban J connectivity index is 0.963. The average molecular weight is 1350 g/mol. The molecule has 6 heteroatoms. The number of anilines is 6. The Kier molecular flexibility index (Phi) is 13.3. The van der Waals surface area contributed by atoms with Gasteiger partial charge in [-0.3, -0.25) is 0 Å². The van der Waals surface area contributed by atoms with E-state index in [9.17, 15) is 2.74 Å². The molecule has 0 amide bonds. The van der Waals surface area contributed by atoms with E-state index in [1.54, 1.807) is 0 Å². The number of nitrogens with zero attached hydrogens (tertiary/aromatic N) is 4. The van der Waals surface area contributed by atoms with Crippen molar-refractivity contribution in [2.45, 2.75) is 131 Å². The lowest BCUT2D eigenvalue weighted by Gasteiger charge is -2.45. The first-order chi connectivity index (χ1) is 51.8. The first-order valence-corrected chi connectivity index (χ1v) is 36.8. The van der Waals surface area contributed by atoms with Crippen LogP contribution in [-0.2, 0) is 27.1 Å². The molecule has 0 radical (unpaired) electrons. The molecule has 2 aliphatic heterocycles. The zero-order chi connectivity index (χ0) is 76.2. The van der Waals surface area contributed by atoms with E-state index in [-0.39, 0.29) is 51.4 Å². The Morgan fingerprint density at radius 3 is 1.19 bits per heavy atom. The van der Waals surface area contributed by atoms with Gasteiger partial charge >= 0.3 is 0 Å². The van der Waals surface area contributed by atoms with Crippen LogP contribution in [0.4, 0.5) is 34.1 Å². The van der Waals surface area contributed by atoms with E-state index in [4.69, 9.17) is 8.53 Å². The first kappa shape index (κ1) is 59.5. The maximum atomic E-state index is 9.51. The lowest BCUT2D eigenvalue weighted by atomic mass is 9.33. The van der Waals surface area contributed by atoms with Crippen molar-refractivity contribution in [3.63, 3.8) is 0 Å². The molecule has 0 spiro atoms. The van der Waals surface area contributed by atoms with Gasteiger partial charge < -0.3 is 23.4 Å². The van der Waals surface area contributed by atoms with Gasteiger partial charge in [-0.05, 0) is 214 Å². The topological polar surface area (TPSA) is 29.5 Å². The van der Waals surface area contributed by atoms with Gasteiger partial charge in [0.15, 0.2) is 11.2 Å². The van der Waals surface area contributed by atoms with E-state index in [1.165, 1.54) is 43.8 Å². The summed E-state index contributed by atoms with van der Waals surface area (Å²) in [4.78, 5) is 4.92. The van der Waals surface area contributed by atoms with Crippen molar-refractivity contribution in [1.29, 1.82) is 0 Å². The van der Waals surface area contributed by atoms with Gasteiger partial charge in [0.25, 0.3) is 6.71 Å². The van der Waals surface area contributed by atoms with Gasteiger partial charge in [0.2, 0.25) is 0 Å². The molecule has 5 nitrogen and oxygen atoms in total. The average Bonchev–Trinajstić information content (AvgIpc) is 1.64. The second-order valence-electron chi connectivity index (χ2n) is 34.3. The molecule has 0 fully saturated rings. The number of hydrogen-bond acceptors (Lipinski definition) is 3. The third kappa shape index (κ3) is 10.5. The molecule has 0 atom stereocenters. The van der Waals surface area contributed by atoms with Gasteiger partial charge in [-0.2, -0.15) is 0 Å². The third-order valence-corrected chi connectivity index (χ3v) is 22.3. The smallest absolute Gasteiger partial charge is 0.252 e. The molecule has 0 saturated carbocycles. The molecule has 5 heterocycles. The lowest BCUT2D eigenvalue weighted by Crippen LogP contribution is -2.61. The summed E-state index contributed by atoms with van der Waals surface area (Å²) >= 11 is 0. The van der Waals surface area contributed by atoms with Crippen molar-refractivity contribution in [3.8, 4) is 44.8 Å². The summed E-state index contributed by atoms with van der Waals surface area (Å²) in [6.45, 7) is 34.0. The number of para-hydroxylation sites is 2. The largest absolute Gasteiger partial charge is 0.452 e. The van der Waals surface area contributed by atoms with Crippen LogP contribution in [0.5, 0.6) is 0 Å². The predicted molar refractivity (Wildman–Crippen MR) is 446 cm³/mol. The van der Waals surface area contributed by atoms with Crippen LogP contribution in [0.15, 0.2) is 271 Å². The van der Waals surface area contributed by atoms with Crippen molar-refractivity contribution >= 4 is 123 Å². The van der Waals surface area contributed by atoms with E-state index in [2.05, 4.69) is 353 Å². The third-order valence-electron chi connectivity index (χ3n) is 22.3. The molecule has 0 unspecified atom stereocenters. The van der Waals surface area contributed by atoms with Gasteiger partial charge in [0.05, 0.1) is 40.3 Å². The summed E-state index contributed by atoms with van der Waals surface area (Å²) in [7, 11) is 0. The molecule has 2 aliphatic rings. The molecule has 0 bridgehead atoms. The van der Waals surface area contributed by atoms with Gasteiger partial charge in [0.1, 0.15) is 0 Å². The van der Waals surface area contributed by atoms with Gasteiger partial charge in [-0.25, -0.2) is 0 Å². The van der Waals surface area contributed by atoms with Gasteiger partial charge in [-0.1, -0.05) is 261 Å². The highest BCUT2D eigenvalue weighted by molar-refractivity contribution is 7.00. The molecule has 18 rings (SSSR count). The molecule has 104 heavy (non-hydrogen) atoms. The standard InChI is InChI=1S/C98H89BN4O/c1-94(2,3)66-38-45-81-75(53-66)76-54-67(95(4,5)6)39-46-82(76)100(81)71-42-44-80-88(59-71)103(86-36-26-34-74-73-33-25-35-85(92(73)104-93(74)86)102-83-47-40-68(96(7,8)9)55-77(83)78-56-69(97(10,11)12)41-48-84(78)102)90-58-70(98(13,14)15)57-89-91(90)99(80)79-43-37-63(60-27-19-16-20-28-60)52-87(79)101(89)72-50-64(61-29-21-17-22-30-61)49-65(51-72)62-31-23-18-24-32-62/h16-59H,1-15H3/i16D,19D,20D,27D,28D. The zero-order valence-electron chi connectivity index (χ0n) is 67.3. The fourth-order valence-corrected chi connectivity index (χ4v) is 16.6. The minimum Gasteiger partial charge on any atom is -0.452 e. The number of benzene rings is 13. The summed E-state index contributed by atoms with van der Waals surface area (Å²) in [5, 5.41) is 6.81. The van der Waals surface area contributed by atoms with Crippen molar-refractivity contribution < 1.29 is 11.3 Å². The van der Waals surface area contributed by atoms with E-state index < -0.39 is 18.2 Å². The first-order valence-electron chi connectivity index (χ1n) is 39.3. The molecule has 0 N–H and O–H groups in total. The maximum Gasteiger partial charge on any atom is 0.252 e. The second-order valence-corrected chi connectivity index (χ2v) is 34.3. The summed E-state index contributed by atoms with van der Waals surface area (Å²) in [5.74, 6) is 0. The highest BCUT2D eigenvalue weighted by Crippen LogP contribution is 2.52. The fraction of sp³-hybridized carbons (Fsp3) is 0.204. The van der Waals surface area contributed by atoms with Gasteiger partial charge in [0, 0.05) is 66.4 Å². The highest BCUT2D eigenvalue weighted by Gasteiger charge is 2.45. The number of fused-ring (bicyclic) bond motifs is 13. The van der Waals surface area contributed by atoms with Crippen LogP contribution in [0, 0.1) is 0 Å². The lowest BCUT2D eigenvalue weighted by molar-refractivity contribution is 0.590. The second kappa shape index (κ2) is 23.2. The quantitative estimate of drug-likeness (QED) is 0.149. The van der Waals surface area contributed by atoms with Crippen molar-refractivity contribution in [1.82, 2.24) is 9.13 Å². The highest BCUT2D eigenvalue weighted by atomic mass is 16.3. The van der Waals surface area contributed by atoms with Crippen molar-refractivity contribution in [2.75, 3.05) is 9.80 Å². The minimum atomic E-state index is -0.431. The SMILES string of the molecule is [2H]c1c([2H])c([2H])c(-c2ccc3c(c2)N(c2cc(-c4ccccc4)cc(-c4ccccc4)c2)c2cc(C(C)(C)C)cc4c2B3c2ccc(-n3c5ccc(C(C)(C)C)cc5c5cc(C(C)(C)C)ccc53)cc2N4c2cccc3c2oc2c(-n4c5ccc(C(C)(C)C)cc5c5cc(C(C)(C)C)ccc54)cccc23)c([2H])c1[2H]. The van der Waals surface area contributed by atoms with Crippen LogP contribution in [-0.4, -0.2) is 15.8 Å². The normalized spacial score (nSPS) is 14.1. The Hall–Kier alpha value is -11.1. The summed E-state index contributed by atoms with van der Waals surface area (Å²) in [6.07, 6.45) is 0. The summed E-state index contributed by atoms with van der Waals surface area (Å²) in [5.41, 5.74) is 26.9. The van der Waals surface area contributed by atoms with Crippen molar-refractivity contribution in [3.05, 3.63) is 295 Å². The maximum absolute atomic E-state index is 9.51. The molecule has 0 saturated heterocycles. The predicted octanol–water partition coefficient (Wildman–Crippen LogP) is 25.4. The van der Waals surface area contributed by atoms with E-state index in [0.29, 0.717) is 5.56 Å². The number of aromatic nitrogens is 2. The van der Waals surface area contributed by atoms with Crippen LogP contribution < -0.4 is 26.2 Å². The Morgan fingerprint density at radius 2 is 0.712 bits per heavy atom. The summed E-state index contributed by atoms with van der Waals surface area (Å²) < 4.78 is 58.6. The number of rotatable bonds is 7. The number of furan rings is 1. The van der Waals surface area contributed by atoms with Crippen LogP contribution in [0.1, 0.15) is 139 Å². The Labute approximate surface area is 619 Å². The van der Waals surface area contributed by atoms with E-state index in [1.807, 2.05) is 6.07 Å². The van der Waals surface area contributed by atoms with Crippen molar-refractivity contribution in [2.24, 2.45) is 0 Å². The molecular formula is C98H89BN4O. The molecular weight excluding hydrogens is 1260 g/mol. The Bertz CT molecular complexity index is 6300. The minimum absolute atomic E-state index is 0.0728. The van der Waals surface area contributed by atoms with E-state index >= 15 is 0 Å². The molecule has 13 aromatic carbocycles.